The first-order valence-electron chi connectivity index (χ1n) is 8.35. The quantitative estimate of drug-likeness (QED) is 0.880. The van der Waals surface area contributed by atoms with Crippen molar-refractivity contribution >= 4 is 11.9 Å². The van der Waals surface area contributed by atoms with Gasteiger partial charge in [-0.25, -0.2) is 0 Å². The first-order chi connectivity index (χ1) is 12.0. The average molecular weight is 343 g/mol. The molecule has 0 bridgehead atoms. The molecule has 1 amide bonds. The maximum absolute atomic E-state index is 12.4. The molecule has 1 N–H and O–H groups in total. The minimum absolute atomic E-state index is 0.0441. The highest BCUT2D eigenvalue weighted by Gasteiger charge is 2.24. The number of carbonyl (C=O) groups is 2. The molecule has 0 atom stereocenters. The number of benzene rings is 1. The van der Waals surface area contributed by atoms with Crippen LogP contribution in [0.2, 0.25) is 0 Å². The topological polar surface area (TPSA) is 101 Å². The monoisotopic (exact) mass is 343 g/mol. The van der Waals surface area contributed by atoms with E-state index in [1.165, 1.54) is 4.80 Å². The summed E-state index contributed by atoms with van der Waals surface area (Å²) in [5, 5.41) is 21.1. The van der Waals surface area contributed by atoms with Crippen molar-refractivity contribution < 1.29 is 14.7 Å². The van der Waals surface area contributed by atoms with Crippen LogP contribution < -0.4 is 0 Å². The highest BCUT2D eigenvalue weighted by atomic mass is 16.4. The van der Waals surface area contributed by atoms with Gasteiger partial charge in [-0.05, 0) is 30.9 Å². The van der Waals surface area contributed by atoms with Crippen LogP contribution in [0.25, 0.3) is 11.4 Å². The van der Waals surface area contributed by atoms with Gasteiger partial charge < -0.3 is 10.0 Å². The van der Waals surface area contributed by atoms with Gasteiger partial charge in [0.25, 0.3) is 0 Å². The number of aryl methyl sites for hydroxylation is 1. The lowest BCUT2D eigenvalue weighted by Gasteiger charge is -2.31. The van der Waals surface area contributed by atoms with Crippen molar-refractivity contribution in [2.75, 3.05) is 13.1 Å². The number of amides is 1. The number of tetrazole rings is 1. The Morgan fingerprint density at radius 3 is 2.52 bits per heavy atom. The first kappa shape index (κ1) is 17.1. The minimum Gasteiger partial charge on any atom is -0.481 e. The minimum atomic E-state index is -0.778. The van der Waals surface area contributed by atoms with Gasteiger partial charge in [0, 0.05) is 25.1 Å². The Balaban J connectivity index is 1.55. The fraction of sp³-hybridized carbons (Fsp3) is 0.471. The molecule has 1 aromatic heterocycles. The number of nitrogens with zero attached hydrogens (tertiary/aromatic N) is 5. The van der Waals surface area contributed by atoms with Crippen LogP contribution in [0, 0.1) is 12.8 Å². The van der Waals surface area contributed by atoms with Gasteiger partial charge in [-0.2, -0.15) is 4.80 Å². The molecule has 0 saturated carbocycles. The van der Waals surface area contributed by atoms with E-state index in [0.717, 1.165) is 24.0 Å². The third-order valence-electron chi connectivity index (χ3n) is 4.47. The summed E-state index contributed by atoms with van der Waals surface area (Å²) in [6, 6.07) is 7.79. The molecule has 0 spiro atoms. The fourth-order valence-corrected chi connectivity index (χ4v) is 2.98. The molecule has 1 aromatic carbocycles. The van der Waals surface area contributed by atoms with Gasteiger partial charge in [-0.1, -0.05) is 29.8 Å². The van der Waals surface area contributed by atoms with E-state index in [4.69, 9.17) is 5.11 Å². The summed E-state index contributed by atoms with van der Waals surface area (Å²) >= 11 is 0. The normalized spacial score (nSPS) is 15.3. The fourth-order valence-electron chi connectivity index (χ4n) is 2.98. The van der Waals surface area contributed by atoms with E-state index in [9.17, 15) is 9.59 Å². The lowest BCUT2D eigenvalue weighted by molar-refractivity contribution is -0.138. The van der Waals surface area contributed by atoms with Crippen LogP contribution in [0.3, 0.4) is 0 Å². The van der Waals surface area contributed by atoms with Crippen molar-refractivity contribution in [3.63, 3.8) is 0 Å². The first-order valence-corrected chi connectivity index (χ1v) is 8.35. The molecule has 132 valence electrons. The van der Waals surface area contributed by atoms with Crippen LogP contribution in [0.15, 0.2) is 24.3 Å². The standard InChI is InChI=1S/C17H21N5O3/c1-12-2-4-14(5-3-12)17-18-20-22(19-17)11-15(23)21-8-6-13(7-9-21)10-16(24)25/h2-5,13H,6-11H2,1H3,(H,24,25). The van der Waals surface area contributed by atoms with Gasteiger partial charge in [0.05, 0.1) is 0 Å². The van der Waals surface area contributed by atoms with Gasteiger partial charge in [0.15, 0.2) is 0 Å². The number of carboxylic acids is 1. The second-order valence-corrected chi connectivity index (χ2v) is 6.43. The Hall–Kier alpha value is -2.77. The molecular weight excluding hydrogens is 322 g/mol. The zero-order valence-electron chi connectivity index (χ0n) is 14.1. The number of hydrogen-bond acceptors (Lipinski definition) is 5. The molecular formula is C17H21N5O3. The Morgan fingerprint density at radius 2 is 1.88 bits per heavy atom. The molecule has 0 radical (unpaired) electrons. The summed E-state index contributed by atoms with van der Waals surface area (Å²) in [7, 11) is 0. The zero-order valence-corrected chi connectivity index (χ0v) is 14.1. The SMILES string of the molecule is Cc1ccc(-c2nnn(CC(=O)N3CCC(CC(=O)O)CC3)n2)cc1. The Bertz CT molecular complexity index is 748. The molecule has 1 aliphatic rings. The average Bonchev–Trinajstić information content (AvgIpc) is 3.04. The van der Waals surface area contributed by atoms with E-state index >= 15 is 0 Å². The van der Waals surface area contributed by atoms with E-state index in [0.29, 0.717) is 18.9 Å². The predicted octanol–water partition coefficient (Wildman–Crippen LogP) is 1.36. The van der Waals surface area contributed by atoms with Crippen LogP contribution >= 0.6 is 0 Å². The van der Waals surface area contributed by atoms with Gasteiger partial charge in [-0.15, -0.1) is 10.2 Å². The number of likely N-dealkylation sites (tertiary alicyclic amines) is 1. The summed E-state index contributed by atoms with van der Waals surface area (Å²) in [5.41, 5.74) is 2.01. The molecule has 3 rings (SSSR count). The van der Waals surface area contributed by atoms with Crippen molar-refractivity contribution in [2.45, 2.75) is 32.7 Å². The van der Waals surface area contributed by atoms with Crippen LogP contribution in [0.5, 0.6) is 0 Å². The Kier molecular flexibility index (Phi) is 5.06. The van der Waals surface area contributed by atoms with Crippen LogP contribution in [-0.4, -0.2) is 55.2 Å². The van der Waals surface area contributed by atoms with E-state index < -0.39 is 5.97 Å². The molecule has 2 aromatic rings. The summed E-state index contributed by atoms with van der Waals surface area (Å²) in [6.07, 6.45) is 1.61. The molecule has 0 unspecified atom stereocenters. The lowest BCUT2D eigenvalue weighted by Crippen LogP contribution is -2.40. The number of aliphatic carboxylic acids is 1. The number of hydrogen-bond donors (Lipinski definition) is 1. The Morgan fingerprint density at radius 1 is 1.20 bits per heavy atom. The zero-order chi connectivity index (χ0) is 17.8. The van der Waals surface area contributed by atoms with Gasteiger partial charge in [-0.3, -0.25) is 9.59 Å². The second-order valence-electron chi connectivity index (χ2n) is 6.43. The highest BCUT2D eigenvalue weighted by Crippen LogP contribution is 2.20. The van der Waals surface area contributed by atoms with Gasteiger partial charge in [0.1, 0.15) is 6.54 Å². The number of rotatable bonds is 5. The number of piperidine rings is 1. The maximum atomic E-state index is 12.4. The third kappa shape index (κ3) is 4.40. The molecule has 0 aliphatic carbocycles. The molecule has 1 fully saturated rings. The number of carboxylic acid groups (broad SMARTS) is 1. The molecule has 25 heavy (non-hydrogen) atoms. The molecule has 8 nitrogen and oxygen atoms in total. The van der Waals surface area contributed by atoms with E-state index in [1.54, 1.807) is 4.90 Å². The van der Waals surface area contributed by atoms with E-state index in [1.807, 2.05) is 31.2 Å². The summed E-state index contributed by atoms with van der Waals surface area (Å²) in [6.45, 7) is 3.21. The molecule has 1 aliphatic heterocycles. The second kappa shape index (κ2) is 7.42. The van der Waals surface area contributed by atoms with Gasteiger partial charge >= 0.3 is 5.97 Å². The van der Waals surface area contributed by atoms with Gasteiger partial charge in [0.2, 0.25) is 11.7 Å². The molecule has 1 saturated heterocycles. The smallest absolute Gasteiger partial charge is 0.303 e. The highest BCUT2D eigenvalue weighted by molar-refractivity contribution is 5.76. The predicted molar refractivity (Wildman–Crippen MR) is 89.5 cm³/mol. The van der Waals surface area contributed by atoms with Crippen molar-refractivity contribution in [1.29, 1.82) is 0 Å². The summed E-state index contributed by atoms with van der Waals surface area (Å²) < 4.78 is 0. The lowest BCUT2D eigenvalue weighted by atomic mass is 9.93. The summed E-state index contributed by atoms with van der Waals surface area (Å²) in [4.78, 5) is 26.2. The maximum Gasteiger partial charge on any atom is 0.303 e. The van der Waals surface area contributed by atoms with Crippen LogP contribution in [0.1, 0.15) is 24.8 Å². The summed E-state index contributed by atoms with van der Waals surface area (Å²) in [5.74, 6) is -0.200. The van der Waals surface area contributed by atoms with Crippen molar-refractivity contribution in [1.82, 2.24) is 25.1 Å². The van der Waals surface area contributed by atoms with E-state index in [2.05, 4.69) is 15.4 Å². The molecule has 8 heteroatoms. The van der Waals surface area contributed by atoms with Crippen molar-refractivity contribution in [3.8, 4) is 11.4 Å². The number of aromatic nitrogens is 4. The third-order valence-corrected chi connectivity index (χ3v) is 4.47. The van der Waals surface area contributed by atoms with E-state index in [-0.39, 0.29) is 24.8 Å². The molecule has 2 heterocycles. The van der Waals surface area contributed by atoms with Crippen molar-refractivity contribution in [3.05, 3.63) is 29.8 Å². The van der Waals surface area contributed by atoms with Crippen molar-refractivity contribution in [2.24, 2.45) is 5.92 Å². The van der Waals surface area contributed by atoms with Crippen LogP contribution in [0.4, 0.5) is 0 Å². The van der Waals surface area contributed by atoms with Crippen LogP contribution in [-0.2, 0) is 16.1 Å². The largest absolute Gasteiger partial charge is 0.481 e. The Labute approximate surface area is 145 Å². The number of carbonyl (C=O) groups excluding carboxylic acids is 1.